The topological polar surface area (TPSA) is 91.4 Å². The van der Waals surface area contributed by atoms with Crippen LogP contribution in [0, 0.1) is 0 Å². The van der Waals surface area contributed by atoms with Crippen LogP contribution >= 0.6 is 11.6 Å². The summed E-state index contributed by atoms with van der Waals surface area (Å²) in [4.78, 5) is 21.3. The molecule has 0 radical (unpaired) electrons. The molecule has 7 nitrogen and oxygen atoms in total. The van der Waals surface area contributed by atoms with Crippen LogP contribution in [0.2, 0.25) is 5.02 Å². The molecule has 0 saturated heterocycles. The summed E-state index contributed by atoms with van der Waals surface area (Å²) in [7, 11) is 0. The Morgan fingerprint density at radius 3 is 2.63 bits per heavy atom. The van der Waals surface area contributed by atoms with E-state index in [2.05, 4.69) is 53.8 Å². The Morgan fingerprint density at radius 2 is 1.77 bits per heavy atom. The fourth-order valence-corrected chi connectivity index (χ4v) is 3.40. The molecule has 0 saturated carbocycles. The second kappa shape index (κ2) is 7.96. The van der Waals surface area contributed by atoms with Gasteiger partial charge in [-0.15, -0.1) is 0 Å². The molecule has 8 heteroatoms. The number of aromatic nitrogens is 5. The number of nitrogens with zero attached hydrogens (tertiary/aromatic N) is 4. The van der Waals surface area contributed by atoms with E-state index in [1.165, 1.54) is 5.39 Å². The molecule has 0 spiro atoms. The molecule has 3 heterocycles. The van der Waals surface area contributed by atoms with Gasteiger partial charge >= 0.3 is 0 Å². The van der Waals surface area contributed by atoms with Gasteiger partial charge in [-0.25, -0.2) is 9.97 Å². The number of aromatic amines is 1. The second-order valence-electron chi connectivity index (χ2n) is 6.81. The monoisotopic (exact) mass is 415 g/mol. The maximum Gasteiger partial charge on any atom is 0.226 e. The van der Waals surface area contributed by atoms with Gasteiger partial charge in [-0.1, -0.05) is 29.8 Å². The molecule has 0 aliphatic heterocycles. The van der Waals surface area contributed by atoms with Gasteiger partial charge in [0, 0.05) is 47.3 Å². The minimum atomic E-state index is 0.496. The van der Waals surface area contributed by atoms with Crippen molar-refractivity contribution in [2.45, 2.75) is 6.42 Å². The van der Waals surface area contributed by atoms with Crippen LogP contribution in [-0.2, 0) is 6.42 Å². The van der Waals surface area contributed by atoms with Crippen molar-refractivity contribution < 1.29 is 0 Å². The fraction of sp³-hybridized carbons (Fsp3) is 0.0909. The van der Waals surface area contributed by atoms with Gasteiger partial charge in [-0.3, -0.25) is 0 Å². The molecule has 3 N–H and O–H groups in total. The van der Waals surface area contributed by atoms with Crippen molar-refractivity contribution in [1.82, 2.24) is 24.9 Å². The van der Waals surface area contributed by atoms with Crippen LogP contribution in [0.4, 0.5) is 17.5 Å². The summed E-state index contributed by atoms with van der Waals surface area (Å²) in [6.07, 6.45) is 4.06. The third-order valence-corrected chi connectivity index (χ3v) is 4.95. The van der Waals surface area contributed by atoms with E-state index in [0.29, 0.717) is 34.5 Å². The van der Waals surface area contributed by atoms with Gasteiger partial charge in [0.1, 0.15) is 0 Å². The zero-order valence-corrected chi connectivity index (χ0v) is 16.7. The Labute approximate surface area is 177 Å². The summed E-state index contributed by atoms with van der Waals surface area (Å²) in [6.45, 7) is 0.680. The molecule has 30 heavy (non-hydrogen) atoms. The first-order valence-electron chi connectivity index (χ1n) is 9.56. The van der Waals surface area contributed by atoms with E-state index in [1.54, 1.807) is 12.4 Å². The van der Waals surface area contributed by atoms with Crippen molar-refractivity contribution in [2.75, 3.05) is 17.2 Å². The first kappa shape index (κ1) is 18.3. The zero-order valence-electron chi connectivity index (χ0n) is 15.9. The Hall–Kier alpha value is -3.71. The predicted molar refractivity (Wildman–Crippen MR) is 120 cm³/mol. The van der Waals surface area contributed by atoms with Crippen LogP contribution in [-0.4, -0.2) is 31.5 Å². The maximum atomic E-state index is 5.98. The quantitative estimate of drug-likeness (QED) is 0.363. The Kier molecular flexibility index (Phi) is 4.86. The summed E-state index contributed by atoms with van der Waals surface area (Å²) >= 11 is 5.98. The van der Waals surface area contributed by atoms with E-state index < -0.39 is 0 Å². The Balaban J connectivity index is 1.36. The maximum absolute atomic E-state index is 5.98. The van der Waals surface area contributed by atoms with E-state index in [-0.39, 0.29) is 0 Å². The van der Waals surface area contributed by atoms with Crippen molar-refractivity contribution in [3.63, 3.8) is 0 Å². The number of H-pyrrole nitrogens is 1. The molecular weight excluding hydrogens is 398 g/mol. The van der Waals surface area contributed by atoms with Crippen molar-refractivity contribution in [3.05, 3.63) is 77.7 Å². The van der Waals surface area contributed by atoms with Crippen molar-refractivity contribution >= 4 is 51.1 Å². The number of halogens is 1. The number of anilines is 3. The van der Waals surface area contributed by atoms with Gasteiger partial charge in [0.25, 0.3) is 0 Å². The SMILES string of the molecule is Clc1ccc(Nc2nc(NCCc3cc4ccccc4[nH]3)nc3nccnc23)cc1. The van der Waals surface area contributed by atoms with E-state index in [9.17, 15) is 0 Å². The van der Waals surface area contributed by atoms with Gasteiger partial charge in [0.2, 0.25) is 5.95 Å². The first-order chi connectivity index (χ1) is 14.7. The number of para-hydroxylation sites is 1. The summed E-state index contributed by atoms with van der Waals surface area (Å²) in [6, 6.07) is 17.8. The summed E-state index contributed by atoms with van der Waals surface area (Å²) in [5, 5.41) is 8.46. The van der Waals surface area contributed by atoms with E-state index in [4.69, 9.17) is 11.6 Å². The minimum absolute atomic E-state index is 0.496. The number of fused-ring (bicyclic) bond motifs is 2. The predicted octanol–water partition coefficient (Wildman–Crippen LogP) is 4.95. The molecular formula is C22H18ClN7. The Bertz CT molecular complexity index is 1280. The van der Waals surface area contributed by atoms with Gasteiger partial charge in [0.05, 0.1) is 0 Å². The molecule has 2 aromatic carbocycles. The van der Waals surface area contributed by atoms with Crippen LogP contribution in [0.5, 0.6) is 0 Å². The average Bonchev–Trinajstić information content (AvgIpc) is 3.18. The van der Waals surface area contributed by atoms with Crippen LogP contribution in [0.1, 0.15) is 5.69 Å². The zero-order chi connectivity index (χ0) is 20.3. The number of hydrogen-bond acceptors (Lipinski definition) is 6. The van der Waals surface area contributed by atoms with Crippen LogP contribution in [0.3, 0.4) is 0 Å². The number of rotatable bonds is 6. The molecule has 0 atom stereocenters. The second-order valence-corrected chi connectivity index (χ2v) is 7.25. The van der Waals surface area contributed by atoms with Crippen molar-refractivity contribution in [1.29, 1.82) is 0 Å². The molecule has 0 bridgehead atoms. The largest absolute Gasteiger partial charge is 0.358 e. The molecule has 0 unspecified atom stereocenters. The third kappa shape index (κ3) is 3.88. The number of nitrogens with one attached hydrogen (secondary N) is 3. The molecule has 5 rings (SSSR count). The first-order valence-corrected chi connectivity index (χ1v) is 9.94. The van der Waals surface area contributed by atoms with E-state index >= 15 is 0 Å². The lowest BCUT2D eigenvalue weighted by Gasteiger charge is -2.10. The highest BCUT2D eigenvalue weighted by Crippen LogP contribution is 2.23. The van der Waals surface area contributed by atoms with E-state index in [1.807, 2.05) is 36.4 Å². The van der Waals surface area contributed by atoms with E-state index in [0.717, 1.165) is 23.3 Å². The molecule has 148 valence electrons. The smallest absolute Gasteiger partial charge is 0.226 e. The number of hydrogen-bond donors (Lipinski definition) is 3. The Morgan fingerprint density at radius 1 is 0.933 bits per heavy atom. The van der Waals surface area contributed by atoms with Crippen molar-refractivity contribution in [3.8, 4) is 0 Å². The third-order valence-electron chi connectivity index (χ3n) is 4.70. The van der Waals surface area contributed by atoms with Gasteiger partial charge in [-0.05, 0) is 41.8 Å². The fourth-order valence-electron chi connectivity index (χ4n) is 3.28. The molecule has 0 amide bonds. The normalized spacial score (nSPS) is 11.1. The highest BCUT2D eigenvalue weighted by atomic mass is 35.5. The minimum Gasteiger partial charge on any atom is -0.358 e. The molecule has 0 aliphatic carbocycles. The molecule has 3 aromatic heterocycles. The average molecular weight is 416 g/mol. The van der Waals surface area contributed by atoms with Gasteiger partial charge in [0.15, 0.2) is 17.0 Å². The van der Waals surface area contributed by atoms with Crippen molar-refractivity contribution in [2.24, 2.45) is 0 Å². The highest BCUT2D eigenvalue weighted by molar-refractivity contribution is 6.30. The standard InChI is InChI=1S/C22H18ClN7/c23-15-5-7-16(8-6-15)28-21-19-20(25-12-11-24-19)29-22(30-21)26-10-9-17-13-14-3-1-2-4-18(14)27-17/h1-8,11-13,27H,9-10H2,(H2,25,26,28,29,30). The van der Waals surface area contributed by atoms with Crippen LogP contribution in [0.15, 0.2) is 67.0 Å². The highest BCUT2D eigenvalue weighted by Gasteiger charge is 2.10. The summed E-state index contributed by atoms with van der Waals surface area (Å²) < 4.78 is 0. The molecule has 5 aromatic rings. The van der Waals surface area contributed by atoms with Gasteiger partial charge < -0.3 is 15.6 Å². The lowest BCUT2D eigenvalue weighted by Crippen LogP contribution is -2.10. The number of benzene rings is 2. The summed E-state index contributed by atoms with van der Waals surface area (Å²) in [5.41, 5.74) is 4.28. The lowest BCUT2D eigenvalue weighted by atomic mass is 10.2. The van der Waals surface area contributed by atoms with Gasteiger partial charge in [-0.2, -0.15) is 9.97 Å². The molecule has 0 fully saturated rings. The van der Waals surface area contributed by atoms with Crippen LogP contribution < -0.4 is 10.6 Å². The van der Waals surface area contributed by atoms with Crippen LogP contribution in [0.25, 0.3) is 22.1 Å². The summed E-state index contributed by atoms with van der Waals surface area (Å²) in [5.74, 6) is 1.08. The molecule has 0 aliphatic rings. The lowest BCUT2D eigenvalue weighted by molar-refractivity contribution is 0.960.